The van der Waals surface area contributed by atoms with Gasteiger partial charge < -0.3 is 19.5 Å². The fraction of sp³-hybridized carbons (Fsp3) is 0.400. The van der Waals surface area contributed by atoms with Gasteiger partial charge in [0.15, 0.2) is 16.5 Å². The molecule has 4 aromatic rings. The number of nitrogens with one attached hydrogen (secondary N) is 1. The molecule has 2 aliphatic heterocycles. The fourth-order valence-corrected chi connectivity index (χ4v) is 5.53. The molecule has 0 amide bonds. The Morgan fingerprint density at radius 2 is 2.06 bits per heavy atom. The van der Waals surface area contributed by atoms with Gasteiger partial charge in [0.1, 0.15) is 0 Å². The molecular formula is C25H28N6O2S. The van der Waals surface area contributed by atoms with Gasteiger partial charge in [-0.05, 0) is 31.0 Å². The first-order valence-corrected chi connectivity index (χ1v) is 12.8. The Labute approximate surface area is 202 Å². The number of nitrogens with zero attached hydrogens (tertiary/aromatic N) is 5. The monoisotopic (exact) mass is 476 g/mol. The molecule has 0 unspecified atom stereocenters. The smallest absolute Gasteiger partial charge is 0.213 e. The summed E-state index contributed by atoms with van der Waals surface area (Å²) in [6.45, 7) is 5.43. The highest BCUT2D eigenvalue weighted by Crippen LogP contribution is 2.31. The van der Waals surface area contributed by atoms with Crippen LogP contribution in [-0.2, 0) is 6.54 Å². The summed E-state index contributed by atoms with van der Waals surface area (Å²) < 4.78 is 11.7. The zero-order valence-electron chi connectivity index (χ0n) is 19.0. The van der Waals surface area contributed by atoms with Crippen molar-refractivity contribution in [3.05, 3.63) is 59.7 Å². The number of piperidine rings is 1. The minimum Gasteiger partial charge on any atom is -0.477 e. The molecule has 2 saturated heterocycles. The second-order valence-corrected chi connectivity index (χ2v) is 9.90. The van der Waals surface area contributed by atoms with E-state index in [1.165, 1.54) is 12.8 Å². The molecule has 1 N–H and O–H groups in total. The average Bonchev–Trinajstić information content (AvgIpc) is 3.56. The average molecular weight is 477 g/mol. The standard InChI is InChI=1S/C25H28N6O2S/c1-2-6-22-21(5-1)24(29-33-22)31-12-11-30-15-18(8-9-20(30)16-31)17-32-23-7-3-4-19(28-23)14-27-25-26-10-13-34-25/h1-7,10,13,18,20H,8-9,11-12,14-17H2,(H,26,27)/t18-,20-/m1/s1. The van der Waals surface area contributed by atoms with Crippen molar-refractivity contribution in [2.45, 2.75) is 25.4 Å². The summed E-state index contributed by atoms with van der Waals surface area (Å²) in [4.78, 5) is 13.9. The Hall–Kier alpha value is -3.17. The summed E-state index contributed by atoms with van der Waals surface area (Å²) in [6, 6.07) is 14.6. The first-order chi connectivity index (χ1) is 16.8. The second-order valence-electron chi connectivity index (χ2n) is 9.01. The van der Waals surface area contributed by atoms with Gasteiger partial charge in [-0.1, -0.05) is 23.4 Å². The SMILES string of the molecule is c1cc(CNc2nccs2)nc(OC[C@@H]2CC[C@@H]3CN(c4noc5ccccc45)CCN3C2)c1. The maximum Gasteiger partial charge on any atom is 0.213 e. The lowest BCUT2D eigenvalue weighted by Gasteiger charge is -2.46. The zero-order valence-corrected chi connectivity index (χ0v) is 19.8. The molecule has 2 atom stereocenters. The molecule has 2 fully saturated rings. The van der Waals surface area contributed by atoms with Crippen LogP contribution in [0, 0.1) is 5.92 Å². The fourth-order valence-electron chi connectivity index (χ4n) is 5.00. The number of rotatable bonds is 7. The van der Waals surface area contributed by atoms with Crippen molar-refractivity contribution >= 4 is 33.3 Å². The molecule has 0 bridgehead atoms. The zero-order chi connectivity index (χ0) is 22.7. The van der Waals surface area contributed by atoms with Crippen molar-refractivity contribution in [2.75, 3.05) is 43.0 Å². The van der Waals surface area contributed by atoms with Crippen LogP contribution in [0.2, 0.25) is 0 Å². The van der Waals surface area contributed by atoms with Crippen molar-refractivity contribution in [1.82, 2.24) is 20.0 Å². The molecule has 8 nitrogen and oxygen atoms in total. The number of thiazole rings is 1. The van der Waals surface area contributed by atoms with Crippen LogP contribution in [0.15, 0.2) is 58.6 Å². The number of pyridine rings is 1. The molecule has 5 heterocycles. The lowest BCUT2D eigenvalue weighted by atomic mass is 9.91. The molecular weight excluding hydrogens is 448 g/mol. The molecule has 0 radical (unpaired) electrons. The van der Waals surface area contributed by atoms with Crippen LogP contribution in [0.1, 0.15) is 18.5 Å². The predicted molar refractivity (Wildman–Crippen MR) is 133 cm³/mol. The first-order valence-electron chi connectivity index (χ1n) is 11.9. The third-order valence-electron chi connectivity index (χ3n) is 6.76. The quantitative estimate of drug-likeness (QED) is 0.424. The number of piperazine rings is 1. The van der Waals surface area contributed by atoms with Crippen LogP contribution in [0.25, 0.3) is 11.0 Å². The number of ether oxygens (including phenoxy) is 1. The Bertz CT molecular complexity index is 1230. The van der Waals surface area contributed by atoms with E-state index in [0.29, 0.717) is 31.0 Å². The number of aromatic nitrogens is 3. The Kier molecular flexibility index (Phi) is 6.03. The number of anilines is 2. The highest BCUT2D eigenvalue weighted by atomic mass is 32.1. The summed E-state index contributed by atoms with van der Waals surface area (Å²) in [5.74, 6) is 2.20. The summed E-state index contributed by atoms with van der Waals surface area (Å²) in [6.07, 6.45) is 4.14. The van der Waals surface area contributed by atoms with Gasteiger partial charge in [0.25, 0.3) is 0 Å². The number of fused-ring (bicyclic) bond motifs is 2. The Morgan fingerprint density at radius 3 is 3.00 bits per heavy atom. The third-order valence-corrected chi connectivity index (χ3v) is 7.50. The second kappa shape index (κ2) is 9.60. The molecule has 0 aliphatic carbocycles. The van der Waals surface area contributed by atoms with E-state index in [1.807, 2.05) is 41.8 Å². The molecule has 34 heavy (non-hydrogen) atoms. The van der Waals surface area contributed by atoms with Gasteiger partial charge in [-0.15, -0.1) is 11.3 Å². The van der Waals surface area contributed by atoms with E-state index in [9.17, 15) is 0 Å². The topological polar surface area (TPSA) is 79.5 Å². The summed E-state index contributed by atoms with van der Waals surface area (Å²) in [5, 5.41) is 11.6. The molecule has 176 valence electrons. The van der Waals surface area contributed by atoms with E-state index < -0.39 is 0 Å². The van der Waals surface area contributed by atoms with E-state index in [-0.39, 0.29) is 0 Å². The lowest BCUT2D eigenvalue weighted by molar-refractivity contribution is 0.0716. The van der Waals surface area contributed by atoms with Crippen LogP contribution in [0.5, 0.6) is 5.88 Å². The first kappa shape index (κ1) is 21.4. The largest absolute Gasteiger partial charge is 0.477 e. The Morgan fingerprint density at radius 1 is 1.09 bits per heavy atom. The van der Waals surface area contributed by atoms with Crippen LogP contribution in [0.3, 0.4) is 0 Å². The molecule has 1 aromatic carbocycles. The molecule has 0 saturated carbocycles. The molecule has 9 heteroatoms. The molecule has 0 spiro atoms. The van der Waals surface area contributed by atoms with Gasteiger partial charge in [0.05, 0.1) is 24.2 Å². The number of para-hydroxylation sites is 1. The lowest BCUT2D eigenvalue weighted by Crippen LogP contribution is -2.57. The van der Waals surface area contributed by atoms with Gasteiger partial charge in [0, 0.05) is 55.8 Å². The maximum atomic E-state index is 6.12. The van der Waals surface area contributed by atoms with Crippen LogP contribution >= 0.6 is 11.3 Å². The van der Waals surface area contributed by atoms with E-state index in [4.69, 9.17) is 9.26 Å². The summed E-state index contributed by atoms with van der Waals surface area (Å²) in [7, 11) is 0. The van der Waals surface area contributed by atoms with Crippen LogP contribution < -0.4 is 15.0 Å². The van der Waals surface area contributed by atoms with Crippen molar-refractivity contribution < 1.29 is 9.26 Å². The minimum absolute atomic E-state index is 0.523. The van der Waals surface area contributed by atoms with Gasteiger partial charge in [-0.25, -0.2) is 9.97 Å². The van der Waals surface area contributed by atoms with Gasteiger partial charge in [-0.3, -0.25) is 4.90 Å². The summed E-state index contributed by atoms with van der Waals surface area (Å²) >= 11 is 1.59. The number of hydrogen-bond acceptors (Lipinski definition) is 9. The van der Waals surface area contributed by atoms with E-state index >= 15 is 0 Å². The van der Waals surface area contributed by atoms with E-state index in [1.54, 1.807) is 17.5 Å². The number of hydrogen-bond donors (Lipinski definition) is 1. The normalized spacial score (nSPS) is 20.9. The minimum atomic E-state index is 0.523. The van der Waals surface area contributed by atoms with Gasteiger partial charge in [0.2, 0.25) is 5.88 Å². The molecule has 2 aliphatic rings. The third kappa shape index (κ3) is 4.58. The maximum absolute atomic E-state index is 6.12. The highest BCUT2D eigenvalue weighted by Gasteiger charge is 2.34. The molecule has 3 aromatic heterocycles. The van der Waals surface area contributed by atoms with E-state index in [0.717, 1.165) is 53.8 Å². The number of benzene rings is 1. The highest BCUT2D eigenvalue weighted by molar-refractivity contribution is 7.13. The van der Waals surface area contributed by atoms with Crippen molar-refractivity contribution in [3.8, 4) is 5.88 Å². The van der Waals surface area contributed by atoms with Gasteiger partial charge in [-0.2, -0.15) is 0 Å². The summed E-state index contributed by atoms with van der Waals surface area (Å²) in [5.41, 5.74) is 1.81. The predicted octanol–water partition coefficient (Wildman–Crippen LogP) is 4.27. The van der Waals surface area contributed by atoms with Gasteiger partial charge >= 0.3 is 0 Å². The van der Waals surface area contributed by atoms with Crippen molar-refractivity contribution in [2.24, 2.45) is 5.92 Å². The van der Waals surface area contributed by atoms with Crippen molar-refractivity contribution in [1.29, 1.82) is 0 Å². The van der Waals surface area contributed by atoms with Crippen LogP contribution in [-0.4, -0.2) is 58.9 Å². The Balaban J connectivity index is 1.01. The van der Waals surface area contributed by atoms with Crippen molar-refractivity contribution in [3.63, 3.8) is 0 Å². The van der Waals surface area contributed by atoms with E-state index in [2.05, 4.69) is 36.3 Å². The van der Waals surface area contributed by atoms with Crippen LogP contribution in [0.4, 0.5) is 10.9 Å². The molecule has 6 rings (SSSR count).